The molecule has 0 radical (unpaired) electrons. The highest BCUT2D eigenvalue weighted by atomic mass is 16.1. The van der Waals surface area contributed by atoms with Gasteiger partial charge in [0.2, 0.25) is 0 Å². The fourth-order valence-electron chi connectivity index (χ4n) is 4.56. The third-order valence-corrected chi connectivity index (χ3v) is 5.32. The van der Waals surface area contributed by atoms with E-state index in [1.54, 1.807) is 0 Å². The number of hydrogen-bond donors (Lipinski definition) is 2. The minimum absolute atomic E-state index is 0.00266. The highest BCUT2D eigenvalue weighted by molar-refractivity contribution is 5.95. The monoisotopic (exact) mass is 376 g/mol. The fourth-order valence-corrected chi connectivity index (χ4v) is 4.56. The highest BCUT2D eigenvalue weighted by Gasteiger charge is 2.38. The highest BCUT2D eigenvalue weighted by Crippen LogP contribution is 2.28. The standard InChI is InChI=1S/C23H28N4O/c1-22(2)13-18(14-23(3,4)26-22)24-21(28)17-10-11-27-15-19(25-20(27)12-17)16-8-6-5-7-9-16/h5-12,15,18,26H,13-14H2,1-4H3,(H,24,28). The summed E-state index contributed by atoms with van der Waals surface area (Å²) < 4.78 is 1.95. The molecule has 146 valence electrons. The molecule has 1 fully saturated rings. The van der Waals surface area contributed by atoms with Crippen molar-refractivity contribution in [1.82, 2.24) is 20.0 Å². The van der Waals surface area contributed by atoms with E-state index >= 15 is 0 Å². The van der Waals surface area contributed by atoms with Gasteiger partial charge in [0.1, 0.15) is 5.65 Å². The van der Waals surface area contributed by atoms with E-state index in [9.17, 15) is 4.79 Å². The van der Waals surface area contributed by atoms with Crippen LogP contribution in [-0.4, -0.2) is 32.4 Å². The van der Waals surface area contributed by atoms with Gasteiger partial charge in [-0.3, -0.25) is 4.79 Å². The molecule has 3 aromatic rings. The zero-order chi connectivity index (χ0) is 19.9. The quantitative estimate of drug-likeness (QED) is 0.725. The number of benzene rings is 1. The van der Waals surface area contributed by atoms with Gasteiger partial charge < -0.3 is 15.0 Å². The molecule has 5 nitrogen and oxygen atoms in total. The summed E-state index contributed by atoms with van der Waals surface area (Å²) in [6.07, 6.45) is 5.71. The van der Waals surface area contributed by atoms with Gasteiger partial charge in [-0.25, -0.2) is 4.98 Å². The van der Waals surface area contributed by atoms with Crippen LogP contribution in [0.5, 0.6) is 0 Å². The number of rotatable bonds is 3. The number of imidazole rings is 1. The molecule has 0 atom stereocenters. The number of fused-ring (bicyclic) bond motifs is 1. The molecule has 0 aliphatic carbocycles. The molecule has 0 unspecified atom stereocenters. The van der Waals surface area contributed by atoms with Gasteiger partial charge in [-0.2, -0.15) is 0 Å². The van der Waals surface area contributed by atoms with Gasteiger partial charge in [-0.1, -0.05) is 30.3 Å². The zero-order valence-corrected chi connectivity index (χ0v) is 17.0. The number of hydrogen-bond acceptors (Lipinski definition) is 3. The predicted molar refractivity (Wildman–Crippen MR) is 112 cm³/mol. The van der Waals surface area contributed by atoms with Gasteiger partial charge in [-0.05, 0) is 52.7 Å². The van der Waals surface area contributed by atoms with Crippen molar-refractivity contribution in [2.45, 2.75) is 57.7 Å². The number of pyridine rings is 1. The Labute approximate surface area is 166 Å². The smallest absolute Gasteiger partial charge is 0.251 e. The molecule has 28 heavy (non-hydrogen) atoms. The lowest BCUT2D eigenvalue weighted by atomic mass is 9.79. The average Bonchev–Trinajstić information content (AvgIpc) is 3.03. The molecule has 5 heteroatoms. The minimum Gasteiger partial charge on any atom is -0.349 e. The Kier molecular flexibility index (Phi) is 4.50. The maximum absolute atomic E-state index is 12.9. The Bertz CT molecular complexity index is 988. The first-order valence-corrected chi connectivity index (χ1v) is 9.85. The Hall–Kier alpha value is -2.66. The van der Waals surface area contributed by atoms with Crippen LogP contribution in [-0.2, 0) is 0 Å². The van der Waals surface area contributed by atoms with Gasteiger partial charge in [0.05, 0.1) is 5.69 Å². The lowest BCUT2D eigenvalue weighted by Crippen LogP contribution is -2.62. The summed E-state index contributed by atoms with van der Waals surface area (Å²) in [5.41, 5.74) is 3.38. The Morgan fingerprint density at radius 2 is 1.79 bits per heavy atom. The predicted octanol–water partition coefficient (Wildman–Crippen LogP) is 4.04. The fraction of sp³-hybridized carbons (Fsp3) is 0.391. The first-order chi connectivity index (χ1) is 13.2. The summed E-state index contributed by atoms with van der Waals surface area (Å²) in [5, 5.41) is 6.89. The summed E-state index contributed by atoms with van der Waals surface area (Å²) in [7, 11) is 0. The second-order valence-electron chi connectivity index (χ2n) is 9.14. The topological polar surface area (TPSA) is 58.4 Å². The lowest BCUT2D eigenvalue weighted by Gasteiger charge is -2.46. The molecule has 0 saturated carbocycles. The Balaban J connectivity index is 1.55. The van der Waals surface area contributed by atoms with Crippen molar-refractivity contribution in [3.63, 3.8) is 0 Å². The van der Waals surface area contributed by atoms with Crippen molar-refractivity contribution >= 4 is 11.6 Å². The van der Waals surface area contributed by atoms with Crippen LogP contribution in [0, 0.1) is 0 Å². The number of carbonyl (C=O) groups excluding carboxylic acids is 1. The second-order valence-corrected chi connectivity index (χ2v) is 9.14. The van der Waals surface area contributed by atoms with E-state index < -0.39 is 0 Å². The largest absolute Gasteiger partial charge is 0.349 e. The minimum atomic E-state index is -0.0368. The first kappa shape index (κ1) is 18.7. The van der Waals surface area contributed by atoms with Gasteiger partial charge in [-0.15, -0.1) is 0 Å². The van der Waals surface area contributed by atoms with E-state index in [4.69, 9.17) is 4.98 Å². The van der Waals surface area contributed by atoms with Gasteiger partial charge in [0.25, 0.3) is 5.91 Å². The van der Waals surface area contributed by atoms with Crippen molar-refractivity contribution < 1.29 is 4.79 Å². The van der Waals surface area contributed by atoms with Crippen LogP contribution >= 0.6 is 0 Å². The summed E-state index contributed by atoms with van der Waals surface area (Å²) in [6.45, 7) is 8.76. The van der Waals surface area contributed by atoms with E-state index in [-0.39, 0.29) is 23.0 Å². The Morgan fingerprint density at radius 3 is 2.46 bits per heavy atom. The van der Waals surface area contributed by atoms with Gasteiger partial charge in [0, 0.05) is 40.6 Å². The van der Waals surface area contributed by atoms with Crippen LogP contribution in [0.3, 0.4) is 0 Å². The third-order valence-electron chi connectivity index (χ3n) is 5.32. The van der Waals surface area contributed by atoms with Crippen LogP contribution in [0.2, 0.25) is 0 Å². The molecule has 1 aromatic carbocycles. The maximum Gasteiger partial charge on any atom is 0.251 e. The SMILES string of the molecule is CC1(C)CC(NC(=O)c2ccn3cc(-c4ccccc4)nc3c2)CC(C)(C)N1. The van der Waals surface area contributed by atoms with Crippen molar-refractivity contribution in [1.29, 1.82) is 0 Å². The third kappa shape index (κ3) is 3.94. The van der Waals surface area contributed by atoms with E-state index in [2.05, 4.69) is 38.3 Å². The molecular formula is C23H28N4O. The van der Waals surface area contributed by atoms with E-state index in [0.717, 1.165) is 29.7 Å². The normalized spacial score (nSPS) is 18.9. The number of nitrogens with zero attached hydrogens (tertiary/aromatic N) is 2. The molecule has 0 spiro atoms. The summed E-state index contributed by atoms with van der Waals surface area (Å²) in [4.78, 5) is 17.6. The van der Waals surface area contributed by atoms with Crippen molar-refractivity contribution in [2.24, 2.45) is 0 Å². The number of amides is 1. The van der Waals surface area contributed by atoms with Crippen LogP contribution in [0.25, 0.3) is 16.9 Å². The van der Waals surface area contributed by atoms with Crippen LogP contribution < -0.4 is 10.6 Å². The number of carbonyl (C=O) groups is 1. The molecule has 1 saturated heterocycles. The summed E-state index contributed by atoms with van der Waals surface area (Å²) in [5.74, 6) is -0.0368. The second kappa shape index (κ2) is 6.74. The van der Waals surface area contributed by atoms with Crippen molar-refractivity contribution in [3.05, 3.63) is 60.4 Å². The van der Waals surface area contributed by atoms with Crippen molar-refractivity contribution in [2.75, 3.05) is 0 Å². The van der Waals surface area contributed by atoms with E-state index in [0.29, 0.717) is 5.56 Å². The zero-order valence-electron chi connectivity index (χ0n) is 17.0. The molecule has 3 heterocycles. The molecule has 2 N–H and O–H groups in total. The lowest BCUT2D eigenvalue weighted by molar-refractivity contribution is 0.0873. The van der Waals surface area contributed by atoms with Crippen molar-refractivity contribution in [3.8, 4) is 11.3 Å². The van der Waals surface area contributed by atoms with E-state index in [1.165, 1.54) is 0 Å². The number of nitrogens with one attached hydrogen (secondary N) is 2. The molecular weight excluding hydrogens is 348 g/mol. The maximum atomic E-state index is 12.9. The van der Waals surface area contributed by atoms with E-state index in [1.807, 2.05) is 59.3 Å². The average molecular weight is 377 g/mol. The van der Waals surface area contributed by atoms with Crippen LogP contribution in [0.15, 0.2) is 54.9 Å². The van der Waals surface area contributed by atoms with Crippen LogP contribution in [0.4, 0.5) is 0 Å². The molecule has 1 aliphatic rings. The van der Waals surface area contributed by atoms with Gasteiger partial charge >= 0.3 is 0 Å². The van der Waals surface area contributed by atoms with Crippen LogP contribution in [0.1, 0.15) is 50.9 Å². The number of piperidine rings is 1. The molecule has 2 aromatic heterocycles. The number of aromatic nitrogens is 2. The van der Waals surface area contributed by atoms with Gasteiger partial charge in [0.15, 0.2) is 0 Å². The molecule has 1 aliphatic heterocycles. The molecule has 0 bridgehead atoms. The summed E-state index contributed by atoms with van der Waals surface area (Å²) >= 11 is 0. The first-order valence-electron chi connectivity index (χ1n) is 9.85. The molecule has 1 amide bonds. The Morgan fingerprint density at radius 1 is 1.11 bits per heavy atom. The summed E-state index contributed by atoms with van der Waals surface area (Å²) in [6, 6.07) is 13.9. The molecule has 4 rings (SSSR count).